The summed E-state index contributed by atoms with van der Waals surface area (Å²) in [5.41, 5.74) is 4.40. The van der Waals surface area contributed by atoms with Crippen LogP contribution in [0.4, 0.5) is 22.4 Å². The fourth-order valence-electron chi connectivity index (χ4n) is 1.71. The van der Waals surface area contributed by atoms with Crippen molar-refractivity contribution in [3.8, 4) is 0 Å². The van der Waals surface area contributed by atoms with Gasteiger partial charge in [0.1, 0.15) is 11.7 Å². The molecule has 0 saturated carbocycles. The van der Waals surface area contributed by atoms with Crippen molar-refractivity contribution in [2.75, 3.05) is 6.54 Å². The van der Waals surface area contributed by atoms with Gasteiger partial charge in [0.15, 0.2) is 6.29 Å². The molecule has 0 aliphatic rings. The highest BCUT2D eigenvalue weighted by Crippen LogP contribution is 2.10. The van der Waals surface area contributed by atoms with Gasteiger partial charge in [-0.25, -0.2) is 22.4 Å². The monoisotopic (exact) mass is 485 g/mol. The van der Waals surface area contributed by atoms with E-state index in [4.69, 9.17) is 25.8 Å². The minimum absolute atomic E-state index is 0. The van der Waals surface area contributed by atoms with Crippen LogP contribution in [0.1, 0.15) is 33.6 Å². The number of halogens is 5. The summed E-state index contributed by atoms with van der Waals surface area (Å²) in [4.78, 5) is 22.1. The van der Waals surface area contributed by atoms with E-state index in [2.05, 4.69) is 11.9 Å². The van der Waals surface area contributed by atoms with E-state index in [1.54, 1.807) is 20.8 Å². The van der Waals surface area contributed by atoms with E-state index >= 15 is 0 Å². The number of alkyl halides is 4. The number of nitrogens with one attached hydrogen (secondary N) is 2. The largest absolute Gasteiger partial charge is 0.444 e. The van der Waals surface area contributed by atoms with Crippen LogP contribution in [0.5, 0.6) is 0 Å². The van der Waals surface area contributed by atoms with E-state index in [9.17, 15) is 27.2 Å². The Bertz CT molecular complexity index is 525. The maximum atomic E-state index is 12.0. The molecular weight excluding hydrogens is 454 g/mol. The predicted molar refractivity (Wildman–Crippen MR) is 107 cm³/mol. The number of rotatable bonds is 10. The van der Waals surface area contributed by atoms with Crippen LogP contribution in [-0.2, 0) is 9.53 Å². The molecule has 0 bridgehead atoms. The number of nitrogens with two attached hydrogens (primary N) is 1. The van der Waals surface area contributed by atoms with Crippen molar-refractivity contribution in [3.05, 3.63) is 12.7 Å². The lowest BCUT2D eigenvalue weighted by atomic mass is 10.1. The van der Waals surface area contributed by atoms with Gasteiger partial charge in [0.2, 0.25) is 12.9 Å². The Kier molecular flexibility index (Phi) is 18.6. The molecule has 9 nitrogen and oxygen atoms in total. The average Bonchev–Trinajstić information content (AvgIpc) is 2.56. The molecule has 0 radical (unpaired) electrons. The molecular formula is C17H32ClF4N3O6. The smallest absolute Gasteiger partial charge is 0.408 e. The third kappa shape index (κ3) is 20.0. The first-order valence-electron chi connectivity index (χ1n) is 8.84. The van der Waals surface area contributed by atoms with Gasteiger partial charge in [-0.05, 0) is 20.8 Å². The van der Waals surface area contributed by atoms with E-state index in [-0.39, 0.29) is 19.0 Å². The second-order valence-electron chi connectivity index (χ2n) is 7.06. The molecule has 0 aromatic heterocycles. The fourth-order valence-corrected chi connectivity index (χ4v) is 1.71. The van der Waals surface area contributed by atoms with Crippen molar-refractivity contribution < 1.29 is 47.2 Å². The van der Waals surface area contributed by atoms with Crippen molar-refractivity contribution in [3.63, 3.8) is 0 Å². The molecule has 3 unspecified atom stereocenters. The minimum atomic E-state index is -2.75. The number of aliphatic hydroxyl groups excluding tert-OH is 2. The summed E-state index contributed by atoms with van der Waals surface area (Å²) >= 11 is 0. The maximum Gasteiger partial charge on any atom is 0.408 e. The second-order valence-corrected chi connectivity index (χ2v) is 7.06. The van der Waals surface area contributed by atoms with Crippen molar-refractivity contribution in [2.24, 2.45) is 5.73 Å². The minimum Gasteiger partial charge on any atom is -0.444 e. The molecule has 0 heterocycles. The van der Waals surface area contributed by atoms with E-state index in [1.807, 2.05) is 5.32 Å². The average molecular weight is 486 g/mol. The summed E-state index contributed by atoms with van der Waals surface area (Å²) in [5.74, 6) is -0.766. The Labute approximate surface area is 184 Å². The summed E-state index contributed by atoms with van der Waals surface area (Å²) < 4.78 is 52.5. The standard InChI is InChI=1S/C9H17F2NO4.C8H14F2N2O2.ClH/c1-9(2,3)16-8(15)12-5(7(13)14)4-6(10)11;1-2-3-12-8(14)7(13)5(11)4-6(9)10;/h5-7,13-14H,4H2,1-3H3,(H,12,15);2,5-7,13H,1,3-4,11H2,(H,12,14);1H. The van der Waals surface area contributed by atoms with Gasteiger partial charge in [-0.1, -0.05) is 6.08 Å². The topological polar surface area (TPSA) is 154 Å². The van der Waals surface area contributed by atoms with Gasteiger partial charge >= 0.3 is 6.09 Å². The highest BCUT2D eigenvalue weighted by atomic mass is 35.5. The molecule has 0 spiro atoms. The van der Waals surface area contributed by atoms with Crippen molar-refractivity contribution in [1.82, 2.24) is 10.6 Å². The van der Waals surface area contributed by atoms with E-state index in [0.717, 1.165) is 0 Å². The highest BCUT2D eigenvalue weighted by molar-refractivity contribution is 5.85. The van der Waals surface area contributed by atoms with Gasteiger partial charge in [0.25, 0.3) is 5.91 Å². The summed E-state index contributed by atoms with van der Waals surface area (Å²) in [6, 6.07) is -2.70. The number of hydrogen-bond donors (Lipinski definition) is 6. The first-order chi connectivity index (χ1) is 13.6. The van der Waals surface area contributed by atoms with Gasteiger partial charge in [-0.15, -0.1) is 19.0 Å². The van der Waals surface area contributed by atoms with E-state index in [1.165, 1.54) is 6.08 Å². The maximum absolute atomic E-state index is 12.0. The Balaban J connectivity index is -0.000000494. The molecule has 0 aromatic carbocycles. The van der Waals surface area contributed by atoms with Crippen LogP contribution in [0, 0.1) is 0 Å². The molecule has 186 valence electrons. The zero-order valence-corrected chi connectivity index (χ0v) is 18.3. The lowest BCUT2D eigenvalue weighted by Gasteiger charge is -2.24. The molecule has 14 heteroatoms. The normalized spacial score (nSPS) is 14.0. The molecule has 0 rings (SSSR count). The Morgan fingerprint density at radius 1 is 1.10 bits per heavy atom. The lowest BCUT2D eigenvalue weighted by Crippen LogP contribution is -2.47. The van der Waals surface area contributed by atoms with Gasteiger partial charge in [-0.2, -0.15) is 0 Å². The Hall–Kier alpha value is -1.67. The molecule has 0 aliphatic heterocycles. The number of carbonyl (C=O) groups is 2. The third-order valence-electron chi connectivity index (χ3n) is 3.04. The van der Waals surface area contributed by atoms with Crippen LogP contribution in [0.3, 0.4) is 0 Å². The molecule has 31 heavy (non-hydrogen) atoms. The van der Waals surface area contributed by atoms with Crippen LogP contribution < -0.4 is 16.4 Å². The number of aliphatic hydroxyl groups is 3. The van der Waals surface area contributed by atoms with Gasteiger partial charge < -0.3 is 36.4 Å². The zero-order valence-electron chi connectivity index (χ0n) is 17.4. The van der Waals surface area contributed by atoms with E-state index < -0.39 is 67.8 Å². The predicted octanol–water partition coefficient (Wildman–Crippen LogP) is 0.899. The first kappa shape index (κ1) is 34.0. The number of hydrogen-bond acceptors (Lipinski definition) is 7. The van der Waals surface area contributed by atoms with Gasteiger partial charge in [0, 0.05) is 25.4 Å². The summed E-state index contributed by atoms with van der Waals surface area (Å²) in [7, 11) is 0. The molecule has 0 aliphatic carbocycles. The van der Waals surface area contributed by atoms with Crippen LogP contribution in [-0.4, -0.2) is 76.8 Å². The third-order valence-corrected chi connectivity index (χ3v) is 3.04. The van der Waals surface area contributed by atoms with E-state index in [0.29, 0.717) is 0 Å². The highest BCUT2D eigenvalue weighted by Gasteiger charge is 2.26. The quantitative estimate of drug-likeness (QED) is 0.153. The second kappa shape index (κ2) is 17.0. The number of ether oxygens (including phenoxy) is 1. The van der Waals surface area contributed by atoms with Crippen LogP contribution in [0.15, 0.2) is 12.7 Å². The van der Waals surface area contributed by atoms with Crippen LogP contribution >= 0.6 is 12.4 Å². The molecule has 3 atom stereocenters. The summed E-state index contributed by atoms with van der Waals surface area (Å²) in [6.07, 6.45) is -10.2. The van der Waals surface area contributed by atoms with Crippen LogP contribution in [0.25, 0.3) is 0 Å². The number of amides is 2. The molecule has 0 aromatic rings. The number of carbonyl (C=O) groups excluding carboxylic acids is 2. The SMILES string of the molecule is C=CCNC(=O)C(O)C(N)CC(F)F.CC(C)(C)OC(=O)NC(CC(F)F)C(O)O.Cl. The van der Waals surface area contributed by atoms with Crippen LogP contribution in [0.2, 0.25) is 0 Å². The Morgan fingerprint density at radius 3 is 1.94 bits per heavy atom. The lowest BCUT2D eigenvalue weighted by molar-refractivity contribution is -0.130. The fraction of sp³-hybridized carbons (Fsp3) is 0.765. The first-order valence-corrected chi connectivity index (χ1v) is 8.84. The molecule has 2 amide bonds. The van der Waals surface area contributed by atoms with Crippen molar-refractivity contribution >= 4 is 24.4 Å². The summed E-state index contributed by atoms with van der Waals surface area (Å²) in [5, 5.41) is 30.9. The molecule has 0 fully saturated rings. The zero-order chi connectivity index (χ0) is 24.1. The van der Waals surface area contributed by atoms with Gasteiger partial charge in [0.05, 0.1) is 6.04 Å². The Morgan fingerprint density at radius 2 is 1.58 bits per heavy atom. The summed E-state index contributed by atoms with van der Waals surface area (Å²) in [6.45, 7) is 8.31. The van der Waals surface area contributed by atoms with Gasteiger partial charge in [-0.3, -0.25) is 4.79 Å². The molecule has 7 N–H and O–H groups in total. The van der Waals surface area contributed by atoms with Crippen molar-refractivity contribution in [2.45, 2.75) is 76.5 Å². The molecule has 0 saturated heterocycles. The van der Waals surface area contributed by atoms with Crippen molar-refractivity contribution in [1.29, 1.82) is 0 Å². The number of alkyl carbamates (subject to hydrolysis) is 1.